The monoisotopic (exact) mass is 315 g/mol. The van der Waals surface area contributed by atoms with E-state index in [1.807, 2.05) is 23.9 Å². The minimum atomic E-state index is -0.0674. The lowest BCUT2D eigenvalue weighted by Gasteiger charge is -2.11. The van der Waals surface area contributed by atoms with Crippen LogP contribution in [0.1, 0.15) is 43.1 Å². The van der Waals surface area contributed by atoms with E-state index in [1.54, 1.807) is 0 Å². The molecule has 1 fully saturated rings. The highest BCUT2D eigenvalue weighted by Crippen LogP contribution is 2.32. The highest BCUT2D eigenvalue weighted by atomic mass is 16.5. The van der Waals surface area contributed by atoms with Crippen molar-refractivity contribution in [2.24, 2.45) is 5.92 Å². The normalized spacial score (nSPS) is 14.3. The molecule has 1 aliphatic rings. The maximum Gasteiger partial charge on any atom is 0.218 e. The topological polar surface area (TPSA) is 60.2 Å². The van der Waals surface area contributed by atoms with E-state index < -0.39 is 0 Å². The van der Waals surface area contributed by atoms with E-state index in [2.05, 4.69) is 23.9 Å². The Morgan fingerprint density at radius 1 is 1.35 bits per heavy atom. The van der Waals surface area contributed by atoms with Crippen molar-refractivity contribution in [2.75, 3.05) is 6.61 Å². The molecule has 0 bridgehead atoms. The van der Waals surface area contributed by atoms with Crippen molar-refractivity contribution in [3.63, 3.8) is 0 Å². The maximum atomic E-state index is 9.66. The summed E-state index contributed by atoms with van der Waals surface area (Å²) in [5, 5.41) is 14.3. The van der Waals surface area contributed by atoms with Crippen LogP contribution in [-0.2, 0) is 13.2 Å². The summed E-state index contributed by atoms with van der Waals surface area (Å²) in [6.07, 6.45) is 5.35. The molecule has 0 unspecified atom stereocenters. The van der Waals surface area contributed by atoms with Gasteiger partial charge in [0.15, 0.2) is 0 Å². The summed E-state index contributed by atoms with van der Waals surface area (Å²) < 4.78 is 7.80. The Bertz CT molecular complexity index is 690. The molecule has 0 radical (unpaired) electrons. The summed E-state index contributed by atoms with van der Waals surface area (Å²) in [5.74, 6) is 1.22. The molecule has 0 amide bonds. The summed E-state index contributed by atoms with van der Waals surface area (Å²) in [4.78, 5) is 4.44. The van der Waals surface area contributed by atoms with Gasteiger partial charge in [0.1, 0.15) is 0 Å². The van der Waals surface area contributed by atoms with Gasteiger partial charge in [-0.2, -0.15) is 5.10 Å². The van der Waals surface area contributed by atoms with Crippen LogP contribution in [0.2, 0.25) is 0 Å². The quantitative estimate of drug-likeness (QED) is 0.852. The molecule has 1 saturated carbocycles. The number of hydrogen-bond acceptors (Lipinski definition) is 4. The number of hydrogen-bond donors (Lipinski definition) is 1. The minimum absolute atomic E-state index is 0.0674. The number of aromatic nitrogens is 3. The van der Waals surface area contributed by atoms with Crippen LogP contribution in [-0.4, -0.2) is 26.5 Å². The van der Waals surface area contributed by atoms with Crippen LogP contribution in [0.4, 0.5) is 0 Å². The van der Waals surface area contributed by atoms with Crippen LogP contribution in [0.5, 0.6) is 5.88 Å². The van der Waals surface area contributed by atoms with E-state index in [4.69, 9.17) is 4.74 Å². The summed E-state index contributed by atoms with van der Waals surface area (Å²) in [6, 6.07) is 1.97. The van der Waals surface area contributed by atoms with Crippen molar-refractivity contribution >= 4 is 0 Å². The Labute approximate surface area is 137 Å². The van der Waals surface area contributed by atoms with E-state index in [9.17, 15) is 5.11 Å². The number of aryl methyl sites for hydroxylation is 2. The van der Waals surface area contributed by atoms with Gasteiger partial charge in [0.2, 0.25) is 5.88 Å². The SMILES string of the molecule is CCCn1nc(C)c(-c2cnc(OCC3CC3)c(CO)c2)c1C. The lowest BCUT2D eigenvalue weighted by Crippen LogP contribution is -2.04. The van der Waals surface area contributed by atoms with E-state index in [0.29, 0.717) is 18.4 Å². The maximum absolute atomic E-state index is 9.66. The lowest BCUT2D eigenvalue weighted by atomic mass is 10.0. The van der Waals surface area contributed by atoms with Gasteiger partial charge in [0.25, 0.3) is 0 Å². The van der Waals surface area contributed by atoms with Gasteiger partial charge in [-0.1, -0.05) is 6.92 Å². The smallest absolute Gasteiger partial charge is 0.218 e. The molecule has 2 aromatic rings. The first-order valence-corrected chi connectivity index (χ1v) is 8.41. The molecule has 5 heteroatoms. The summed E-state index contributed by atoms with van der Waals surface area (Å²) in [5.41, 5.74) is 4.97. The van der Waals surface area contributed by atoms with E-state index in [-0.39, 0.29) is 6.61 Å². The van der Waals surface area contributed by atoms with Crippen molar-refractivity contribution in [1.29, 1.82) is 0 Å². The van der Waals surface area contributed by atoms with Crippen molar-refractivity contribution in [3.8, 4) is 17.0 Å². The van der Waals surface area contributed by atoms with Crippen molar-refractivity contribution in [1.82, 2.24) is 14.8 Å². The molecule has 0 saturated heterocycles. The van der Waals surface area contributed by atoms with Gasteiger partial charge in [-0.05, 0) is 45.1 Å². The molecule has 0 atom stereocenters. The van der Waals surface area contributed by atoms with Gasteiger partial charge in [-0.25, -0.2) is 4.98 Å². The zero-order chi connectivity index (χ0) is 16.4. The zero-order valence-electron chi connectivity index (χ0n) is 14.2. The Morgan fingerprint density at radius 3 is 2.78 bits per heavy atom. The number of nitrogens with zero attached hydrogens (tertiary/aromatic N) is 3. The van der Waals surface area contributed by atoms with Crippen LogP contribution in [0.15, 0.2) is 12.3 Å². The fraction of sp³-hybridized carbons (Fsp3) is 0.556. The van der Waals surface area contributed by atoms with Crippen LogP contribution in [0.25, 0.3) is 11.1 Å². The molecule has 1 N–H and O–H groups in total. The van der Waals surface area contributed by atoms with Gasteiger partial charge in [-0.3, -0.25) is 4.68 Å². The summed E-state index contributed by atoms with van der Waals surface area (Å²) in [7, 11) is 0. The summed E-state index contributed by atoms with van der Waals surface area (Å²) in [6.45, 7) is 7.79. The zero-order valence-corrected chi connectivity index (χ0v) is 14.2. The van der Waals surface area contributed by atoms with Crippen molar-refractivity contribution in [3.05, 3.63) is 29.2 Å². The number of ether oxygens (including phenoxy) is 1. The number of aliphatic hydroxyl groups excluding tert-OH is 1. The van der Waals surface area contributed by atoms with Crippen molar-refractivity contribution in [2.45, 2.75) is 53.2 Å². The Balaban J connectivity index is 1.90. The molecule has 0 spiro atoms. The fourth-order valence-electron chi connectivity index (χ4n) is 2.90. The van der Waals surface area contributed by atoms with Gasteiger partial charge < -0.3 is 9.84 Å². The molecule has 1 aliphatic carbocycles. The number of rotatable bonds is 7. The van der Waals surface area contributed by atoms with Crippen LogP contribution >= 0.6 is 0 Å². The molecule has 0 aromatic carbocycles. The van der Waals surface area contributed by atoms with E-state index >= 15 is 0 Å². The molecular weight excluding hydrogens is 290 g/mol. The van der Waals surface area contributed by atoms with Crippen LogP contribution < -0.4 is 4.74 Å². The third kappa shape index (κ3) is 3.39. The molecule has 2 aromatic heterocycles. The predicted octanol–water partition coefficient (Wildman–Crippen LogP) is 3.25. The molecule has 23 heavy (non-hydrogen) atoms. The Kier molecular flexibility index (Phi) is 4.66. The minimum Gasteiger partial charge on any atom is -0.477 e. The molecule has 0 aliphatic heterocycles. The average Bonchev–Trinajstić information content (AvgIpc) is 3.33. The first-order valence-electron chi connectivity index (χ1n) is 8.41. The number of pyridine rings is 1. The van der Waals surface area contributed by atoms with Crippen LogP contribution in [0.3, 0.4) is 0 Å². The summed E-state index contributed by atoms with van der Waals surface area (Å²) >= 11 is 0. The van der Waals surface area contributed by atoms with Crippen molar-refractivity contribution < 1.29 is 9.84 Å². The van der Waals surface area contributed by atoms with Gasteiger partial charge >= 0.3 is 0 Å². The predicted molar refractivity (Wildman–Crippen MR) is 89.4 cm³/mol. The first kappa shape index (κ1) is 16.0. The largest absolute Gasteiger partial charge is 0.477 e. The van der Waals surface area contributed by atoms with Gasteiger partial charge in [-0.15, -0.1) is 0 Å². The first-order chi connectivity index (χ1) is 11.1. The highest BCUT2D eigenvalue weighted by Gasteiger charge is 2.23. The van der Waals surface area contributed by atoms with Crippen LogP contribution in [0, 0.1) is 19.8 Å². The molecule has 5 nitrogen and oxygen atoms in total. The third-order valence-corrected chi connectivity index (χ3v) is 4.35. The number of aliphatic hydroxyl groups is 1. The fourth-order valence-corrected chi connectivity index (χ4v) is 2.90. The Morgan fingerprint density at radius 2 is 2.13 bits per heavy atom. The second-order valence-corrected chi connectivity index (χ2v) is 6.37. The third-order valence-electron chi connectivity index (χ3n) is 4.35. The highest BCUT2D eigenvalue weighted by molar-refractivity contribution is 5.68. The second-order valence-electron chi connectivity index (χ2n) is 6.37. The Hall–Kier alpha value is -1.88. The lowest BCUT2D eigenvalue weighted by molar-refractivity contribution is 0.251. The standard InChI is InChI=1S/C18H25N3O2/c1-4-7-21-13(3)17(12(2)20-21)15-8-16(10-22)18(19-9-15)23-11-14-5-6-14/h8-9,14,22H,4-7,10-11H2,1-3H3. The second kappa shape index (κ2) is 6.71. The average molecular weight is 315 g/mol. The molecule has 124 valence electrons. The molecular formula is C18H25N3O2. The van der Waals surface area contributed by atoms with Gasteiger partial charge in [0, 0.05) is 35.1 Å². The molecule has 3 rings (SSSR count). The molecule has 2 heterocycles. The van der Waals surface area contributed by atoms with E-state index in [1.165, 1.54) is 12.8 Å². The van der Waals surface area contributed by atoms with E-state index in [0.717, 1.165) is 41.0 Å². The van der Waals surface area contributed by atoms with Gasteiger partial charge in [0.05, 0.1) is 18.9 Å².